The van der Waals surface area contributed by atoms with E-state index in [2.05, 4.69) is 0 Å². The van der Waals surface area contributed by atoms with Gasteiger partial charge in [-0.05, 0) is 24.7 Å². The minimum atomic E-state index is -2.24. The van der Waals surface area contributed by atoms with Gasteiger partial charge < -0.3 is 34.3 Å². The molecule has 10 nitrogen and oxygen atoms in total. The van der Waals surface area contributed by atoms with E-state index in [9.17, 15) is 29.7 Å². The number of aliphatic hydroxyl groups is 3. The third-order valence-electron chi connectivity index (χ3n) is 9.00. The van der Waals surface area contributed by atoms with Gasteiger partial charge in [-0.15, -0.1) is 0 Å². The van der Waals surface area contributed by atoms with Gasteiger partial charge in [0.05, 0.1) is 16.7 Å². The Bertz CT molecular complexity index is 925. The molecule has 0 radical (unpaired) electrons. The molecule has 4 saturated heterocycles. The van der Waals surface area contributed by atoms with Crippen LogP contribution in [0.4, 0.5) is 0 Å². The summed E-state index contributed by atoms with van der Waals surface area (Å²) >= 11 is 0. The molecule has 0 aromatic rings. The first-order valence-electron chi connectivity index (χ1n) is 10.2. The van der Waals surface area contributed by atoms with Crippen LogP contribution in [0.3, 0.4) is 0 Å². The fourth-order valence-electron chi connectivity index (χ4n) is 8.12. The second kappa shape index (κ2) is 4.69. The predicted octanol–water partition coefficient (Wildman–Crippen LogP) is -1.37. The summed E-state index contributed by atoms with van der Waals surface area (Å²) < 4.78 is 22.5. The van der Waals surface area contributed by atoms with Gasteiger partial charge in [0.1, 0.15) is 12.2 Å². The van der Waals surface area contributed by atoms with Crippen molar-refractivity contribution in [2.45, 2.75) is 76.0 Å². The van der Waals surface area contributed by atoms with Crippen LogP contribution in [0, 0.1) is 28.1 Å². The molecule has 0 bridgehead atoms. The fraction of sp³-hybridized carbons (Fsp3) is 0.850. The summed E-state index contributed by atoms with van der Waals surface area (Å²) in [6.07, 6.45) is -6.91. The number of aliphatic hydroxyl groups excluding tert-OH is 2. The molecule has 11 atom stereocenters. The first-order chi connectivity index (χ1) is 13.8. The Morgan fingerprint density at radius 2 is 1.70 bits per heavy atom. The largest absolute Gasteiger partial charge is 0.459 e. The van der Waals surface area contributed by atoms with Crippen LogP contribution in [0.25, 0.3) is 0 Å². The van der Waals surface area contributed by atoms with Crippen molar-refractivity contribution in [1.29, 1.82) is 0 Å². The number of ether oxygens (including phenoxy) is 4. The normalized spacial score (nSPS) is 60.1. The van der Waals surface area contributed by atoms with E-state index < -0.39 is 87.9 Å². The zero-order chi connectivity index (χ0) is 21.8. The average molecular weight is 424 g/mol. The molecule has 6 fully saturated rings. The van der Waals surface area contributed by atoms with Crippen molar-refractivity contribution in [3.8, 4) is 0 Å². The number of hydrogen-bond acceptors (Lipinski definition) is 10. The molecule has 2 saturated carbocycles. The van der Waals surface area contributed by atoms with Crippen molar-refractivity contribution < 1.29 is 48.7 Å². The second-order valence-electron chi connectivity index (χ2n) is 10.7. The first-order valence-corrected chi connectivity index (χ1v) is 10.2. The number of rotatable bonds is 0. The molecule has 5 unspecified atom stereocenters. The molecule has 3 N–H and O–H groups in total. The Morgan fingerprint density at radius 1 is 1.03 bits per heavy atom. The Balaban J connectivity index is 1.72. The number of fused-ring (bicyclic) bond motifs is 1. The summed E-state index contributed by atoms with van der Waals surface area (Å²) in [6, 6.07) is 0. The molecule has 4 aliphatic heterocycles. The lowest BCUT2D eigenvalue weighted by Gasteiger charge is -2.47. The fourth-order valence-corrected chi connectivity index (χ4v) is 8.12. The van der Waals surface area contributed by atoms with E-state index in [1.807, 2.05) is 20.8 Å². The Morgan fingerprint density at radius 3 is 2.33 bits per heavy atom. The van der Waals surface area contributed by atoms with Crippen molar-refractivity contribution in [2.24, 2.45) is 28.1 Å². The van der Waals surface area contributed by atoms with Crippen LogP contribution >= 0.6 is 0 Å². The minimum absolute atomic E-state index is 0.229. The lowest BCUT2D eigenvalue weighted by atomic mass is 9.51. The molecule has 6 aliphatic rings. The standard InChI is InChI=1S/C20H24O10/c1-6-12(23)28-11-9(21)18-8-5-7(16(2,3)4)17(18)10(22)13(24)29-15(17)30-20(18,14(25)27-8)19(6,11)26/h6-11,15,21-22,26H,5H2,1-4H3/t6-,7?,8+,9?,10-,11-,15?,17?,18?,19+,20+/m0/s1. The molecule has 2 spiro atoms. The van der Waals surface area contributed by atoms with E-state index in [4.69, 9.17) is 18.9 Å². The van der Waals surface area contributed by atoms with Crippen LogP contribution in [0.1, 0.15) is 34.1 Å². The topological polar surface area (TPSA) is 149 Å². The molecule has 0 aromatic carbocycles. The molecule has 10 heteroatoms. The Labute approximate surface area is 171 Å². The Hall–Kier alpha value is -1.75. The van der Waals surface area contributed by atoms with Gasteiger partial charge >= 0.3 is 17.9 Å². The van der Waals surface area contributed by atoms with E-state index >= 15 is 0 Å². The molecule has 164 valence electrons. The predicted molar refractivity (Wildman–Crippen MR) is 92.0 cm³/mol. The highest BCUT2D eigenvalue weighted by molar-refractivity contribution is 5.94. The average Bonchev–Trinajstić information content (AvgIpc) is 3.35. The highest BCUT2D eigenvalue weighted by Crippen LogP contribution is 2.84. The smallest absolute Gasteiger partial charge is 0.343 e. The van der Waals surface area contributed by atoms with Gasteiger partial charge in [0.15, 0.2) is 17.8 Å². The van der Waals surface area contributed by atoms with Crippen molar-refractivity contribution in [2.75, 3.05) is 0 Å². The monoisotopic (exact) mass is 424 g/mol. The molecular formula is C20H24O10. The SMILES string of the molecule is C[C@H]1C(=O)O[C@H]2C(O)C34[C@H]5CC(C(C)(C)C)C36C(OC(=O)[C@@H]6O)O[C@@]4(C(=O)O5)[C@@]12O. The lowest BCUT2D eigenvalue weighted by molar-refractivity contribution is -0.239. The van der Waals surface area contributed by atoms with Gasteiger partial charge in [0.2, 0.25) is 11.9 Å². The number of esters is 3. The van der Waals surface area contributed by atoms with Crippen molar-refractivity contribution in [3.05, 3.63) is 0 Å². The van der Waals surface area contributed by atoms with Crippen molar-refractivity contribution in [1.82, 2.24) is 0 Å². The molecule has 0 amide bonds. The summed E-state index contributed by atoms with van der Waals surface area (Å²) in [6.45, 7) is 7.14. The van der Waals surface area contributed by atoms with Crippen LogP contribution < -0.4 is 0 Å². The summed E-state index contributed by atoms with van der Waals surface area (Å²) in [4.78, 5) is 38.2. The second-order valence-corrected chi connectivity index (χ2v) is 10.7. The summed E-state index contributed by atoms with van der Waals surface area (Å²) in [5.41, 5.74) is -8.26. The van der Waals surface area contributed by atoms with Crippen LogP contribution in [0.15, 0.2) is 0 Å². The molecule has 0 aromatic heterocycles. The van der Waals surface area contributed by atoms with E-state index in [1.165, 1.54) is 6.92 Å². The maximum absolute atomic E-state index is 13.4. The highest BCUT2D eigenvalue weighted by Gasteiger charge is 3.03. The lowest BCUT2D eigenvalue weighted by Crippen LogP contribution is -2.67. The van der Waals surface area contributed by atoms with Gasteiger partial charge in [-0.25, -0.2) is 9.59 Å². The summed E-state index contributed by atoms with van der Waals surface area (Å²) in [7, 11) is 0. The van der Waals surface area contributed by atoms with Crippen LogP contribution in [-0.4, -0.2) is 75.1 Å². The Kier molecular flexibility index (Phi) is 2.97. The molecule has 4 heterocycles. The van der Waals surface area contributed by atoms with Gasteiger partial charge in [0, 0.05) is 0 Å². The summed E-state index contributed by atoms with van der Waals surface area (Å²) in [5.74, 6) is -4.32. The van der Waals surface area contributed by atoms with Gasteiger partial charge in [-0.3, -0.25) is 4.79 Å². The maximum atomic E-state index is 13.4. The number of carbonyl (C=O) groups is 3. The van der Waals surface area contributed by atoms with Crippen molar-refractivity contribution >= 4 is 17.9 Å². The zero-order valence-electron chi connectivity index (χ0n) is 16.9. The highest BCUT2D eigenvalue weighted by atomic mass is 16.8. The van der Waals surface area contributed by atoms with E-state index in [1.54, 1.807) is 0 Å². The molecular weight excluding hydrogens is 400 g/mol. The first kappa shape index (κ1) is 19.0. The third-order valence-corrected chi connectivity index (χ3v) is 9.00. The van der Waals surface area contributed by atoms with Gasteiger partial charge in [0.25, 0.3) is 0 Å². The zero-order valence-corrected chi connectivity index (χ0v) is 16.9. The van der Waals surface area contributed by atoms with E-state index in [-0.39, 0.29) is 6.42 Å². The van der Waals surface area contributed by atoms with E-state index in [0.29, 0.717) is 0 Å². The van der Waals surface area contributed by atoms with Gasteiger partial charge in [-0.1, -0.05) is 20.8 Å². The number of hydrogen-bond donors (Lipinski definition) is 3. The quantitative estimate of drug-likeness (QED) is 0.314. The molecule has 6 rings (SSSR count). The maximum Gasteiger partial charge on any atom is 0.343 e. The van der Waals surface area contributed by atoms with E-state index in [0.717, 1.165) is 0 Å². The van der Waals surface area contributed by atoms with Crippen molar-refractivity contribution in [3.63, 3.8) is 0 Å². The molecule has 2 aliphatic carbocycles. The third kappa shape index (κ3) is 1.33. The van der Waals surface area contributed by atoms with Gasteiger partial charge in [-0.2, -0.15) is 0 Å². The molecule has 30 heavy (non-hydrogen) atoms. The summed E-state index contributed by atoms with van der Waals surface area (Å²) in [5, 5.41) is 34.7. The number of carbonyl (C=O) groups excluding carboxylic acids is 3. The van der Waals surface area contributed by atoms with Crippen LogP contribution in [-0.2, 0) is 33.3 Å². The van der Waals surface area contributed by atoms with Crippen LogP contribution in [0.2, 0.25) is 0 Å². The minimum Gasteiger partial charge on any atom is -0.459 e. The van der Waals surface area contributed by atoms with Crippen LogP contribution in [0.5, 0.6) is 0 Å².